The molecular weight excluding hydrogens is 471 g/mol. The van der Waals surface area contributed by atoms with E-state index in [1.807, 2.05) is 29.6 Å². The largest absolute Gasteiger partial charge is 0.493 e. The molecule has 1 aromatic heterocycles. The quantitative estimate of drug-likeness (QED) is 0.331. The fourth-order valence-corrected chi connectivity index (χ4v) is 4.39. The number of hydrogen-bond acceptors (Lipinski definition) is 7. The summed E-state index contributed by atoms with van der Waals surface area (Å²) in [7, 11) is 3.10. The average molecular weight is 495 g/mol. The highest BCUT2D eigenvalue weighted by Gasteiger charge is 2.34. The van der Waals surface area contributed by atoms with Gasteiger partial charge in [0.15, 0.2) is 18.1 Å². The van der Waals surface area contributed by atoms with Crippen LogP contribution in [0.4, 0.5) is 4.39 Å². The summed E-state index contributed by atoms with van der Waals surface area (Å²) in [6.07, 6.45) is 3.07. The van der Waals surface area contributed by atoms with Gasteiger partial charge in [-0.1, -0.05) is 24.3 Å². The smallest absolute Gasteiger partial charge is 0.331 e. The van der Waals surface area contributed by atoms with E-state index in [-0.39, 0.29) is 0 Å². The van der Waals surface area contributed by atoms with Crippen LogP contribution in [0.1, 0.15) is 28.5 Å². The fraction of sp³-hybridized carbons (Fsp3) is 0.192. The van der Waals surface area contributed by atoms with Crippen molar-refractivity contribution in [2.24, 2.45) is 5.10 Å². The molecule has 0 spiro atoms. The van der Waals surface area contributed by atoms with Gasteiger partial charge in [0.05, 0.1) is 30.9 Å². The number of methoxy groups -OCH3 is 2. The third-order valence-electron chi connectivity index (χ3n) is 5.36. The number of carbonyl (C=O) groups excluding carboxylic acids is 2. The highest BCUT2D eigenvalue weighted by Crippen LogP contribution is 2.37. The van der Waals surface area contributed by atoms with Crippen LogP contribution in [-0.4, -0.2) is 43.4 Å². The van der Waals surface area contributed by atoms with Crippen LogP contribution in [0.3, 0.4) is 0 Å². The Kier molecular flexibility index (Phi) is 7.57. The number of esters is 1. The van der Waals surface area contributed by atoms with E-state index >= 15 is 0 Å². The molecule has 7 nitrogen and oxygen atoms in total. The van der Waals surface area contributed by atoms with Gasteiger partial charge < -0.3 is 14.2 Å². The van der Waals surface area contributed by atoms with Crippen molar-refractivity contribution >= 4 is 35.0 Å². The first-order chi connectivity index (χ1) is 17.0. The molecule has 1 aliphatic heterocycles. The molecule has 0 fully saturated rings. The van der Waals surface area contributed by atoms with Crippen LogP contribution in [0.2, 0.25) is 0 Å². The molecule has 4 rings (SSSR count). The van der Waals surface area contributed by atoms with Gasteiger partial charge in [0.1, 0.15) is 5.82 Å². The van der Waals surface area contributed by atoms with Gasteiger partial charge in [-0.15, -0.1) is 11.3 Å². The topological polar surface area (TPSA) is 77.4 Å². The lowest BCUT2D eigenvalue weighted by atomic mass is 10.0. The van der Waals surface area contributed by atoms with Crippen molar-refractivity contribution in [3.63, 3.8) is 0 Å². The van der Waals surface area contributed by atoms with Gasteiger partial charge in [0.25, 0.3) is 5.91 Å². The normalized spacial score (nSPS) is 15.2. The Balaban J connectivity index is 1.50. The number of carbonyl (C=O) groups is 2. The van der Waals surface area contributed by atoms with Crippen LogP contribution in [0.15, 0.2) is 71.2 Å². The summed E-state index contributed by atoms with van der Waals surface area (Å²) >= 11 is 1.53. The molecule has 9 heteroatoms. The van der Waals surface area contributed by atoms with E-state index in [1.165, 1.54) is 40.6 Å². The number of nitrogens with zero attached hydrogens (tertiary/aromatic N) is 2. The second kappa shape index (κ2) is 11.0. The predicted molar refractivity (Wildman–Crippen MR) is 131 cm³/mol. The van der Waals surface area contributed by atoms with Gasteiger partial charge in [0.2, 0.25) is 0 Å². The van der Waals surface area contributed by atoms with E-state index in [9.17, 15) is 14.0 Å². The summed E-state index contributed by atoms with van der Waals surface area (Å²) in [4.78, 5) is 26.2. The van der Waals surface area contributed by atoms with Crippen molar-refractivity contribution in [2.45, 2.75) is 12.5 Å². The van der Waals surface area contributed by atoms with Crippen molar-refractivity contribution in [2.75, 3.05) is 20.8 Å². The maximum atomic E-state index is 13.3. The van der Waals surface area contributed by atoms with Crippen LogP contribution >= 0.6 is 11.3 Å². The molecule has 3 aromatic rings. The first-order valence-electron chi connectivity index (χ1n) is 10.7. The highest BCUT2D eigenvalue weighted by atomic mass is 32.1. The number of rotatable bonds is 8. The molecule has 35 heavy (non-hydrogen) atoms. The lowest BCUT2D eigenvalue weighted by molar-refractivity contribution is -0.149. The van der Waals surface area contributed by atoms with Crippen LogP contribution < -0.4 is 9.47 Å². The second-order valence-electron chi connectivity index (χ2n) is 7.59. The molecule has 1 aliphatic rings. The maximum Gasteiger partial charge on any atom is 0.331 e. The summed E-state index contributed by atoms with van der Waals surface area (Å²) < 4.78 is 29.2. The van der Waals surface area contributed by atoms with Gasteiger partial charge in [-0.05, 0) is 52.9 Å². The van der Waals surface area contributed by atoms with Crippen LogP contribution in [0, 0.1) is 5.82 Å². The first-order valence-corrected chi connectivity index (χ1v) is 11.6. The third-order valence-corrected chi connectivity index (χ3v) is 6.28. The molecule has 0 saturated heterocycles. The molecule has 2 heterocycles. The first kappa shape index (κ1) is 24.2. The summed E-state index contributed by atoms with van der Waals surface area (Å²) in [5, 5.41) is 7.85. The fourth-order valence-electron chi connectivity index (χ4n) is 3.67. The van der Waals surface area contributed by atoms with E-state index in [1.54, 1.807) is 26.4 Å². The van der Waals surface area contributed by atoms with Gasteiger partial charge in [-0.3, -0.25) is 4.79 Å². The van der Waals surface area contributed by atoms with E-state index in [4.69, 9.17) is 14.2 Å². The monoisotopic (exact) mass is 494 g/mol. The molecule has 2 aromatic carbocycles. The average Bonchev–Trinajstić information content (AvgIpc) is 3.56. The van der Waals surface area contributed by atoms with E-state index in [0.29, 0.717) is 23.5 Å². The highest BCUT2D eigenvalue weighted by molar-refractivity contribution is 7.12. The molecule has 0 radical (unpaired) electrons. The summed E-state index contributed by atoms with van der Waals surface area (Å²) in [5.74, 6) is -0.484. The van der Waals surface area contributed by atoms with E-state index < -0.39 is 30.3 Å². The minimum Gasteiger partial charge on any atom is -0.493 e. The Labute approximate surface area is 206 Å². The Morgan fingerprint density at radius 3 is 2.66 bits per heavy atom. The van der Waals surface area contributed by atoms with Crippen LogP contribution in [0.5, 0.6) is 11.5 Å². The minimum atomic E-state index is -0.716. The molecule has 1 atom stereocenters. The summed E-state index contributed by atoms with van der Waals surface area (Å²) in [5.41, 5.74) is 2.08. The standard InChI is InChI=1S/C26H23FN2O5S/c1-32-22-10-9-18(14-23(22)33-2)21-15-20(24-7-4-12-35-24)28-29(21)25(30)16-34-26(31)11-8-17-5-3-6-19(27)13-17/h3-14,21H,15-16H2,1-2H3/b11-8+. The second-order valence-corrected chi connectivity index (χ2v) is 8.54. The molecule has 0 aliphatic carbocycles. The maximum absolute atomic E-state index is 13.3. The molecule has 1 unspecified atom stereocenters. The molecule has 0 bridgehead atoms. The summed E-state index contributed by atoms with van der Waals surface area (Å²) in [6.45, 7) is -0.489. The molecular formula is C26H23FN2O5S. The lowest BCUT2D eigenvalue weighted by Crippen LogP contribution is -2.31. The van der Waals surface area contributed by atoms with E-state index in [2.05, 4.69) is 5.10 Å². The molecule has 0 saturated carbocycles. The third kappa shape index (κ3) is 5.75. The van der Waals surface area contributed by atoms with Gasteiger partial charge in [-0.25, -0.2) is 14.2 Å². The lowest BCUT2D eigenvalue weighted by Gasteiger charge is -2.22. The predicted octanol–water partition coefficient (Wildman–Crippen LogP) is 4.84. The van der Waals surface area contributed by atoms with Crippen molar-refractivity contribution in [3.05, 3.63) is 87.9 Å². The zero-order chi connectivity index (χ0) is 24.8. The Morgan fingerprint density at radius 1 is 1.11 bits per heavy atom. The number of hydrogen-bond donors (Lipinski definition) is 0. The van der Waals surface area contributed by atoms with Gasteiger partial charge in [-0.2, -0.15) is 5.10 Å². The number of amides is 1. The van der Waals surface area contributed by atoms with Gasteiger partial charge in [0, 0.05) is 12.5 Å². The SMILES string of the molecule is COc1ccc(C2CC(c3cccs3)=NN2C(=O)COC(=O)/C=C/c2cccc(F)c2)cc1OC. The van der Waals surface area contributed by atoms with Crippen LogP contribution in [-0.2, 0) is 14.3 Å². The Bertz CT molecular complexity index is 1270. The number of benzene rings is 2. The van der Waals surface area contributed by atoms with E-state index in [0.717, 1.165) is 22.2 Å². The summed E-state index contributed by atoms with van der Waals surface area (Å²) in [6, 6.07) is 14.7. The number of halogens is 1. The van der Waals surface area contributed by atoms with Gasteiger partial charge >= 0.3 is 5.97 Å². The number of thiophene rings is 1. The van der Waals surface area contributed by atoms with Crippen molar-refractivity contribution in [1.82, 2.24) is 5.01 Å². The Morgan fingerprint density at radius 2 is 1.94 bits per heavy atom. The molecule has 0 N–H and O–H groups in total. The molecule has 1 amide bonds. The van der Waals surface area contributed by atoms with Crippen molar-refractivity contribution in [1.29, 1.82) is 0 Å². The Hall–Kier alpha value is -3.98. The zero-order valence-corrected chi connectivity index (χ0v) is 20.0. The van der Waals surface area contributed by atoms with Crippen LogP contribution in [0.25, 0.3) is 6.08 Å². The molecule has 180 valence electrons. The zero-order valence-electron chi connectivity index (χ0n) is 19.1. The minimum absolute atomic E-state index is 0.402. The van der Waals surface area contributed by atoms with Crippen molar-refractivity contribution in [3.8, 4) is 11.5 Å². The van der Waals surface area contributed by atoms with Crippen molar-refractivity contribution < 1.29 is 28.2 Å². The number of ether oxygens (including phenoxy) is 3. The number of hydrazone groups is 1.